The van der Waals surface area contributed by atoms with E-state index in [1.807, 2.05) is 0 Å². The van der Waals surface area contributed by atoms with Crippen molar-refractivity contribution in [1.82, 2.24) is 10.9 Å². The fourth-order valence-corrected chi connectivity index (χ4v) is 7.43. The molecule has 0 radical (unpaired) electrons. The molecule has 0 aliphatic carbocycles. The van der Waals surface area contributed by atoms with Gasteiger partial charge in [0.25, 0.3) is 11.8 Å². The van der Waals surface area contributed by atoms with Crippen molar-refractivity contribution >= 4 is 23.8 Å². The van der Waals surface area contributed by atoms with E-state index in [1.54, 1.807) is 0 Å². The number of esters is 2. The van der Waals surface area contributed by atoms with Gasteiger partial charge in [-0.25, -0.2) is 0 Å². The van der Waals surface area contributed by atoms with Gasteiger partial charge in [-0.05, 0) is 37.1 Å². The highest BCUT2D eigenvalue weighted by molar-refractivity contribution is 6.01. The molecule has 4 N–H and O–H groups in total. The van der Waals surface area contributed by atoms with E-state index in [9.17, 15) is 29.4 Å². The first-order valence-electron chi connectivity index (χ1n) is 23.9. The average Bonchev–Trinajstić information content (AvgIpc) is 3.22. The second-order valence-electron chi connectivity index (χ2n) is 16.6. The zero-order valence-electron chi connectivity index (χ0n) is 37.4. The first-order valence-corrected chi connectivity index (χ1v) is 23.9. The van der Waals surface area contributed by atoms with Crippen LogP contribution in [0.15, 0.2) is 36.4 Å². The molecule has 10 nitrogen and oxygen atoms in total. The van der Waals surface area contributed by atoms with Gasteiger partial charge in [0.1, 0.15) is 23.0 Å². The quantitative estimate of drug-likeness (QED) is 0.0229. The van der Waals surface area contributed by atoms with Crippen molar-refractivity contribution < 1.29 is 38.9 Å². The van der Waals surface area contributed by atoms with Crippen molar-refractivity contribution in [1.29, 1.82) is 0 Å². The van der Waals surface area contributed by atoms with Crippen molar-refractivity contribution in [3.63, 3.8) is 0 Å². The van der Waals surface area contributed by atoms with Crippen LogP contribution < -0.4 is 20.3 Å². The number of rotatable bonds is 36. The van der Waals surface area contributed by atoms with Gasteiger partial charge in [0.15, 0.2) is 0 Å². The number of ether oxygens (including phenoxy) is 2. The normalized spacial score (nSPS) is 11.0. The van der Waals surface area contributed by atoms with E-state index >= 15 is 0 Å². The minimum absolute atomic E-state index is 0.111. The van der Waals surface area contributed by atoms with E-state index in [4.69, 9.17) is 9.47 Å². The fraction of sp³-hybridized carbons (Fsp3) is 0.680. The Hall–Kier alpha value is -4.08. The summed E-state index contributed by atoms with van der Waals surface area (Å²) in [4.78, 5) is 50.1. The number of phenolic OH excluding ortho intramolecular Hbond substituents is 2. The van der Waals surface area contributed by atoms with Crippen molar-refractivity contribution in [3.05, 3.63) is 47.5 Å². The Morgan fingerprint density at radius 1 is 0.400 bits per heavy atom. The SMILES string of the molecule is CCCCCCCCCCCCCCCCCC(=O)Oc1ccc(C(=O)NNC(=O)c2ccc(OC(=O)CCCCCCCCCCCCCCCCC)cc2O)c(O)c1. The molecule has 0 aliphatic rings. The topological polar surface area (TPSA) is 151 Å². The summed E-state index contributed by atoms with van der Waals surface area (Å²) in [5, 5.41) is 20.9. The number of nitrogens with one attached hydrogen (secondary N) is 2. The maximum absolute atomic E-state index is 12.7. The standard InChI is InChI=1S/C50H80N2O8/c1-3-5-7-9-11-13-15-17-19-21-23-25-27-29-31-33-47(55)59-41-35-37-43(45(53)39-41)49(57)51-52-50(58)44-38-36-42(40-46(44)54)60-48(56)34-32-30-28-26-24-22-20-18-16-14-12-10-8-6-4-2/h35-40,53-54H,3-34H2,1-2H3,(H,51,57)(H,52,58). The summed E-state index contributed by atoms with van der Waals surface area (Å²) in [6.07, 6.45) is 37.8. The summed E-state index contributed by atoms with van der Waals surface area (Å²) in [6.45, 7) is 4.51. The number of hydrogen-bond donors (Lipinski definition) is 4. The second-order valence-corrected chi connectivity index (χ2v) is 16.6. The lowest BCUT2D eigenvalue weighted by molar-refractivity contribution is -0.135. The Labute approximate surface area is 362 Å². The summed E-state index contributed by atoms with van der Waals surface area (Å²) in [6, 6.07) is 7.71. The lowest BCUT2D eigenvalue weighted by Crippen LogP contribution is -2.41. The molecule has 0 aromatic heterocycles. The Morgan fingerprint density at radius 3 is 0.900 bits per heavy atom. The van der Waals surface area contributed by atoms with Gasteiger partial charge in [0.2, 0.25) is 0 Å². The van der Waals surface area contributed by atoms with Gasteiger partial charge in [-0.15, -0.1) is 0 Å². The molecule has 10 heteroatoms. The number of phenols is 2. The summed E-state index contributed by atoms with van der Waals surface area (Å²) in [7, 11) is 0. The Kier molecular flexibility index (Phi) is 30.0. The Morgan fingerprint density at radius 2 is 0.650 bits per heavy atom. The van der Waals surface area contributed by atoms with E-state index in [2.05, 4.69) is 24.7 Å². The third kappa shape index (κ3) is 25.5. The van der Waals surface area contributed by atoms with Crippen LogP contribution in [0.3, 0.4) is 0 Å². The molecule has 0 bridgehead atoms. The van der Waals surface area contributed by atoms with Crippen LogP contribution in [-0.2, 0) is 9.59 Å². The molecule has 2 amide bonds. The molecule has 0 spiro atoms. The largest absolute Gasteiger partial charge is 0.507 e. The molecule has 0 aliphatic heterocycles. The van der Waals surface area contributed by atoms with Gasteiger partial charge in [-0.2, -0.15) is 0 Å². The third-order valence-electron chi connectivity index (χ3n) is 11.1. The molecule has 0 saturated heterocycles. The predicted octanol–water partition coefficient (Wildman–Crippen LogP) is 13.5. The molecule has 0 unspecified atom stereocenters. The summed E-state index contributed by atoms with van der Waals surface area (Å²) >= 11 is 0. The highest BCUT2D eigenvalue weighted by atomic mass is 16.5. The number of benzene rings is 2. The molecule has 338 valence electrons. The van der Waals surface area contributed by atoms with Crippen LogP contribution in [0.5, 0.6) is 23.0 Å². The third-order valence-corrected chi connectivity index (χ3v) is 11.1. The van der Waals surface area contributed by atoms with Crippen LogP contribution in [0.4, 0.5) is 0 Å². The van der Waals surface area contributed by atoms with Crippen LogP contribution in [-0.4, -0.2) is 34.0 Å². The van der Waals surface area contributed by atoms with Gasteiger partial charge in [-0.1, -0.05) is 194 Å². The van der Waals surface area contributed by atoms with E-state index < -0.39 is 35.3 Å². The van der Waals surface area contributed by atoms with Crippen molar-refractivity contribution in [2.24, 2.45) is 0 Å². The van der Waals surface area contributed by atoms with Gasteiger partial charge in [-0.3, -0.25) is 30.0 Å². The van der Waals surface area contributed by atoms with E-state index in [1.165, 1.54) is 190 Å². The van der Waals surface area contributed by atoms with E-state index in [0.717, 1.165) is 38.5 Å². The monoisotopic (exact) mass is 837 g/mol. The lowest BCUT2D eigenvalue weighted by Gasteiger charge is -2.11. The number of unbranched alkanes of at least 4 members (excludes halogenated alkanes) is 28. The molecule has 60 heavy (non-hydrogen) atoms. The molecular formula is C50H80N2O8. The molecule has 2 aromatic rings. The Bertz CT molecular complexity index is 1370. The number of hydrazine groups is 1. The van der Waals surface area contributed by atoms with Gasteiger partial charge in [0, 0.05) is 25.0 Å². The molecule has 0 heterocycles. The number of amides is 2. The molecule has 2 aromatic carbocycles. The number of carbonyl (C=O) groups is 4. The predicted molar refractivity (Wildman–Crippen MR) is 242 cm³/mol. The molecular weight excluding hydrogens is 757 g/mol. The maximum atomic E-state index is 12.7. The summed E-state index contributed by atoms with van der Waals surface area (Å²) in [5.41, 5.74) is 4.10. The molecule has 0 fully saturated rings. The average molecular weight is 837 g/mol. The second kappa shape index (κ2) is 34.6. The number of aromatic hydroxyl groups is 2. The van der Waals surface area contributed by atoms with E-state index in [-0.39, 0.29) is 35.5 Å². The molecule has 2 rings (SSSR count). The highest BCUT2D eigenvalue weighted by Gasteiger charge is 2.18. The first-order chi connectivity index (χ1) is 29.2. The zero-order valence-corrected chi connectivity index (χ0v) is 37.4. The van der Waals surface area contributed by atoms with Crippen molar-refractivity contribution in [2.45, 2.75) is 219 Å². The molecule has 0 atom stereocenters. The van der Waals surface area contributed by atoms with Crippen LogP contribution in [0.1, 0.15) is 240 Å². The summed E-state index contributed by atoms with van der Waals surface area (Å²) in [5.74, 6) is -3.10. The molecule has 0 saturated carbocycles. The van der Waals surface area contributed by atoms with Crippen LogP contribution in [0.2, 0.25) is 0 Å². The number of hydrogen-bond acceptors (Lipinski definition) is 8. The van der Waals surface area contributed by atoms with E-state index in [0.29, 0.717) is 0 Å². The number of carbonyl (C=O) groups excluding carboxylic acids is 4. The maximum Gasteiger partial charge on any atom is 0.311 e. The van der Waals surface area contributed by atoms with Crippen molar-refractivity contribution in [3.8, 4) is 23.0 Å². The van der Waals surface area contributed by atoms with Crippen LogP contribution >= 0.6 is 0 Å². The Balaban J connectivity index is 1.56. The van der Waals surface area contributed by atoms with Crippen LogP contribution in [0, 0.1) is 0 Å². The van der Waals surface area contributed by atoms with Gasteiger partial charge >= 0.3 is 11.9 Å². The van der Waals surface area contributed by atoms with Gasteiger partial charge < -0.3 is 19.7 Å². The minimum atomic E-state index is -0.819. The fourth-order valence-electron chi connectivity index (χ4n) is 7.43. The van der Waals surface area contributed by atoms with Gasteiger partial charge in [0.05, 0.1) is 11.1 Å². The smallest absolute Gasteiger partial charge is 0.311 e. The van der Waals surface area contributed by atoms with Crippen LogP contribution in [0.25, 0.3) is 0 Å². The van der Waals surface area contributed by atoms with Crippen molar-refractivity contribution in [2.75, 3.05) is 0 Å². The lowest BCUT2D eigenvalue weighted by atomic mass is 10.0. The highest BCUT2D eigenvalue weighted by Crippen LogP contribution is 2.26. The summed E-state index contributed by atoms with van der Waals surface area (Å²) < 4.78 is 10.7. The minimum Gasteiger partial charge on any atom is -0.507 e. The first kappa shape index (κ1) is 52.1. The zero-order chi connectivity index (χ0) is 43.5.